The minimum atomic E-state index is 0.272. The Balaban J connectivity index is 2.28. The van der Waals surface area contributed by atoms with Gasteiger partial charge in [-0.05, 0) is 45.7 Å². The van der Waals surface area contributed by atoms with Crippen molar-refractivity contribution in [1.29, 1.82) is 0 Å². The van der Waals surface area contributed by atoms with Gasteiger partial charge in [-0.1, -0.05) is 0 Å². The van der Waals surface area contributed by atoms with Gasteiger partial charge >= 0.3 is 0 Å². The van der Waals surface area contributed by atoms with Crippen LogP contribution in [0, 0.1) is 5.92 Å². The molecule has 3 nitrogen and oxygen atoms in total. The number of rotatable bonds is 4. The summed E-state index contributed by atoms with van der Waals surface area (Å²) in [5.74, 6) is 0.761. The van der Waals surface area contributed by atoms with Gasteiger partial charge in [-0.25, -0.2) is 0 Å². The van der Waals surface area contributed by atoms with E-state index in [-0.39, 0.29) is 6.04 Å². The van der Waals surface area contributed by atoms with Gasteiger partial charge in [-0.3, -0.25) is 4.90 Å². The van der Waals surface area contributed by atoms with Crippen molar-refractivity contribution in [2.45, 2.75) is 38.8 Å². The molecule has 0 aromatic carbocycles. The van der Waals surface area contributed by atoms with Crippen molar-refractivity contribution in [2.24, 2.45) is 11.7 Å². The summed E-state index contributed by atoms with van der Waals surface area (Å²) in [6.45, 7) is 7.58. The van der Waals surface area contributed by atoms with Gasteiger partial charge in [-0.15, -0.1) is 0 Å². The van der Waals surface area contributed by atoms with Crippen molar-refractivity contribution in [2.75, 3.05) is 26.8 Å². The molecule has 0 saturated carbocycles. The van der Waals surface area contributed by atoms with Gasteiger partial charge in [0.25, 0.3) is 0 Å². The average molecular weight is 200 g/mol. The Morgan fingerprint density at radius 3 is 2.36 bits per heavy atom. The van der Waals surface area contributed by atoms with Gasteiger partial charge < -0.3 is 10.5 Å². The highest BCUT2D eigenvalue weighted by Crippen LogP contribution is 2.19. The molecule has 2 unspecified atom stereocenters. The molecular formula is C11H24N2O. The predicted octanol–water partition coefficient (Wildman–Crippen LogP) is 1.08. The summed E-state index contributed by atoms with van der Waals surface area (Å²) in [4.78, 5) is 2.50. The summed E-state index contributed by atoms with van der Waals surface area (Å²) in [5, 5.41) is 0. The van der Waals surface area contributed by atoms with Gasteiger partial charge in [0.2, 0.25) is 0 Å². The molecule has 1 rings (SSSR count). The zero-order chi connectivity index (χ0) is 10.6. The van der Waals surface area contributed by atoms with Crippen molar-refractivity contribution in [3.63, 3.8) is 0 Å². The monoisotopic (exact) mass is 200 g/mol. The van der Waals surface area contributed by atoms with Crippen LogP contribution in [0.15, 0.2) is 0 Å². The van der Waals surface area contributed by atoms with E-state index in [4.69, 9.17) is 10.5 Å². The second kappa shape index (κ2) is 5.69. The standard InChI is InChI=1S/C11H24N2O/c1-9(12)10(2)13-6-4-11(5-7-13)8-14-3/h9-11H,4-8,12H2,1-3H3. The Morgan fingerprint density at radius 1 is 1.36 bits per heavy atom. The Morgan fingerprint density at radius 2 is 1.93 bits per heavy atom. The van der Waals surface area contributed by atoms with E-state index < -0.39 is 0 Å². The number of hydrogen-bond acceptors (Lipinski definition) is 3. The van der Waals surface area contributed by atoms with E-state index in [1.165, 1.54) is 25.9 Å². The van der Waals surface area contributed by atoms with Crippen LogP contribution in [-0.2, 0) is 4.74 Å². The summed E-state index contributed by atoms with van der Waals surface area (Å²) in [6.07, 6.45) is 2.51. The topological polar surface area (TPSA) is 38.5 Å². The molecule has 2 atom stereocenters. The minimum absolute atomic E-state index is 0.272. The molecule has 0 aromatic heterocycles. The first-order chi connectivity index (χ1) is 6.65. The molecule has 2 N–H and O–H groups in total. The van der Waals surface area contributed by atoms with Crippen LogP contribution in [0.3, 0.4) is 0 Å². The molecule has 1 aliphatic rings. The summed E-state index contributed by atoms with van der Waals surface area (Å²) in [7, 11) is 1.79. The normalized spacial score (nSPS) is 24.9. The van der Waals surface area contributed by atoms with Crippen LogP contribution in [0.4, 0.5) is 0 Å². The summed E-state index contributed by atoms with van der Waals surface area (Å²) in [6, 6.07) is 0.785. The number of nitrogens with zero attached hydrogens (tertiary/aromatic N) is 1. The Bertz CT molecular complexity index is 153. The maximum atomic E-state index is 5.89. The highest BCUT2D eigenvalue weighted by molar-refractivity contribution is 4.80. The molecular weight excluding hydrogens is 176 g/mol. The molecule has 1 aliphatic heterocycles. The van der Waals surface area contributed by atoms with Crippen LogP contribution >= 0.6 is 0 Å². The van der Waals surface area contributed by atoms with Crippen molar-refractivity contribution >= 4 is 0 Å². The number of likely N-dealkylation sites (tertiary alicyclic amines) is 1. The molecule has 1 saturated heterocycles. The third-order valence-electron chi connectivity index (χ3n) is 3.39. The van der Waals surface area contributed by atoms with E-state index >= 15 is 0 Å². The fourth-order valence-corrected chi connectivity index (χ4v) is 2.10. The van der Waals surface area contributed by atoms with E-state index in [0.29, 0.717) is 6.04 Å². The molecule has 3 heteroatoms. The Hall–Kier alpha value is -0.120. The number of piperidine rings is 1. The van der Waals surface area contributed by atoms with Crippen molar-refractivity contribution in [1.82, 2.24) is 4.90 Å². The molecule has 0 amide bonds. The van der Waals surface area contributed by atoms with Gasteiger partial charge in [0.05, 0.1) is 0 Å². The van der Waals surface area contributed by atoms with Gasteiger partial charge in [0.1, 0.15) is 0 Å². The first-order valence-electron chi connectivity index (χ1n) is 5.63. The average Bonchev–Trinajstić information content (AvgIpc) is 2.18. The lowest BCUT2D eigenvalue weighted by Gasteiger charge is -2.37. The van der Waals surface area contributed by atoms with E-state index in [1.54, 1.807) is 7.11 Å². The van der Waals surface area contributed by atoms with Crippen LogP contribution in [-0.4, -0.2) is 43.8 Å². The third kappa shape index (κ3) is 3.23. The summed E-state index contributed by atoms with van der Waals surface area (Å²) in [5.41, 5.74) is 5.89. The maximum Gasteiger partial charge on any atom is 0.0491 e. The van der Waals surface area contributed by atoms with E-state index in [2.05, 4.69) is 18.7 Å². The molecule has 14 heavy (non-hydrogen) atoms. The third-order valence-corrected chi connectivity index (χ3v) is 3.39. The first-order valence-corrected chi connectivity index (χ1v) is 5.63. The largest absolute Gasteiger partial charge is 0.384 e. The molecule has 0 bridgehead atoms. The zero-order valence-electron chi connectivity index (χ0n) is 9.70. The van der Waals surface area contributed by atoms with Crippen LogP contribution in [0.2, 0.25) is 0 Å². The molecule has 1 heterocycles. The van der Waals surface area contributed by atoms with Crippen molar-refractivity contribution in [3.8, 4) is 0 Å². The Kier molecular flexibility index (Phi) is 4.85. The van der Waals surface area contributed by atoms with E-state index in [1.807, 2.05) is 0 Å². The number of methoxy groups -OCH3 is 1. The lowest BCUT2D eigenvalue weighted by Crippen LogP contribution is -2.48. The first kappa shape index (κ1) is 12.0. The Labute approximate surface area is 87.6 Å². The zero-order valence-corrected chi connectivity index (χ0v) is 9.70. The molecule has 0 aromatic rings. The highest BCUT2D eigenvalue weighted by atomic mass is 16.5. The number of nitrogens with two attached hydrogens (primary N) is 1. The SMILES string of the molecule is COCC1CCN(C(C)C(C)N)CC1. The molecule has 0 spiro atoms. The van der Waals surface area contributed by atoms with Crippen molar-refractivity contribution in [3.05, 3.63) is 0 Å². The fraction of sp³-hybridized carbons (Fsp3) is 1.00. The predicted molar refractivity (Wildman–Crippen MR) is 59.3 cm³/mol. The van der Waals surface area contributed by atoms with Crippen LogP contribution in [0.25, 0.3) is 0 Å². The smallest absolute Gasteiger partial charge is 0.0491 e. The summed E-state index contributed by atoms with van der Waals surface area (Å²) < 4.78 is 5.18. The van der Waals surface area contributed by atoms with Gasteiger partial charge in [0, 0.05) is 25.8 Å². The maximum absolute atomic E-state index is 5.89. The lowest BCUT2D eigenvalue weighted by atomic mass is 9.96. The molecule has 0 radical (unpaired) electrons. The lowest BCUT2D eigenvalue weighted by molar-refractivity contribution is 0.0786. The molecule has 84 valence electrons. The number of hydrogen-bond donors (Lipinski definition) is 1. The van der Waals surface area contributed by atoms with Crippen LogP contribution in [0.5, 0.6) is 0 Å². The molecule has 0 aliphatic carbocycles. The second-order valence-corrected chi connectivity index (χ2v) is 4.53. The fourth-order valence-electron chi connectivity index (χ4n) is 2.10. The summed E-state index contributed by atoms with van der Waals surface area (Å²) >= 11 is 0. The minimum Gasteiger partial charge on any atom is -0.384 e. The van der Waals surface area contributed by atoms with Gasteiger partial charge in [0.15, 0.2) is 0 Å². The second-order valence-electron chi connectivity index (χ2n) is 4.53. The quantitative estimate of drug-likeness (QED) is 0.738. The van der Waals surface area contributed by atoms with Crippen LogP contribution in [0.1, 0.15) is 26.7 Å². The molecule has 1 fully saturated rings. The van der Waals surface area contributed by atoms with Gasteiger partial charge in [-0.2, -0.15) is 0 Å². The van der Waals surface area contributed by atoms with Crippen LogP contribution < -0.4 is 5.73 Å². The van der Waals surface area contributed by atoms with E-state index in [9.17, 15) is 0 Å². The number of ether oxygens (including phenoxy) is 1. The highest BCUT2D eigenvalue weighted by Gasteiger charge is 2.23. The van der Waals surface area contributed by atoms with Crippen molar-refractivity contribution < 1.29 is 4.74 Å². The van der Waals surface area contributed by atoms with E-state index in [0.717, 1.165) is 12.5 Å².